The summed E-state index contributed by atoms with van der Waals surface area (Å²) in [5, 5.41) is 1.27. The highest BCUT2D eigenvalue weighted by atomic mass is 35.5. The molecule has 2 aromatic carbocycles. The molecule has 1 nitrogen and oxygen atoms in total. The van der Waals surface area contributed by atoms with Gasteiger partial charge in [-0.15, -0.1) is 11.8 Å². The average Bonchev–Trinajstić information content (AvgIpc) is 2.34. The van der Waals surface area contributed by atoms with E-state index in [2.05, 4.69) is 0 Å². The SMILES string of the molecule is Nc1ccc(F)cc1SCc1cc(Cl)ccc1Cl. The summed E-state index contributed by atoms with van der Waals surface area (Å²) in [4.78, 5) is 0.700. The summed E-state index contributed by atoms with van der Waals surface area (Å²) < 4.78 is 13.1. The molecule has 0 radical (unpaired) electrons. The molecule has 0 amide bonds. The lowest BCUT2D eigenvalue weighted by atomic mass is 10.2. The van der Waals surface area contributed by atoms with Gasteiger partial charge < -0.3 is 5.73 Å². The van der Waals surface area contributed by atoms with Crippen molar-refractivity contribution in [3.8, 4) is 0 Å². The molecule has 0 aliphatic heterocycles. The van der Waals surface area contributed by atoms with Gasteiger partial charge in [-0.25, -0.2) is 4.39 Å². The molecule has 0 aliphatic rings. The first-order valence-corrected chi connectivity index (χ1v) is 6.92. The van der Waals surface area contributed by atoms with Gasteiger partial charge in [-0.2, -0.15) is 0 Å². The standard InChI is InChI=1S/C13H10Cl2FNS/c14-9-1-3-11(15)8(5-9)7-18-13-6-10(16)2-4-12(13)17/h1-6H,7,17H2. The Kier molecular flexibility index (Phi) is 4.38. The van der Waals surface area contributed by atoms with E-state index in [1.165, 1.54) is 23.9 Å². The van der Waals surface area contributed by atoms with Crippen LogP contribution in [0.5, 0.6) is 0 Å². The maximum Gasteiger partial charge on any atom is 0.124 e. The van der Waals surface area contributed by atoms with Crippen molar-refractivity contribution < 1.29 is 4.39 Å². The molecule has 94 valence electrons. The van der Waals surface area contributed by atoms with Crippen LogP contribution in [0, 0.1) is 5.82 Å². The molecule has 0 saturated carbocycles. The molecule has 0 atom stereocenters. The zero-order valence-corrected chi connectivity index (χ0v) is 11.6. The van der Waals surface area contributed by atoms with Gasteiger partial charge in [0.25, 0.3) is 0 Å². The van der Waals surface area contributed by atoms with E-state index < -0.39 is 0 Å². The van der Waals surface area contributed by atoms with Gasteiger partial charge in [0.05, 0.1) is 0 Å². The molecular formula is C13H10Cl2FNS. The number of halogens is 3. The van der Waals surface area contributed by atoms with Crippen LogP contribution in [0.25, 0.3) is 0 Å². The summed E-state index contributed by atoms with van der Waals surface area (Å²) in [6, 6.07) is 9.58. The van der Waals surface area contributed by atoms with Crippen LogP contribution in [-0.2, 0) is 5.75 Å². The third-order valence-electron chi connectivity index (χ3n) is 2.37. The van der Waals surface area contributed by atoms with Crippen LogP contribution in [0.3, 0.4) is 0 Å². The van der Waals surface area contributed by atoms with E-state index in [4.69, 9.17) is 28.9 Å². The summed E-state index contributed by atoms with van der Waals surface area (Å²) in [6.07, 6.45) is 0. The molecule has 2 N–H and O–H groups in total. The van der Waals surface area contributed by atoms with Crippen molar-refractivity contribution in [1.29, 1.82) is 0 Å². The van der Waals surface area contributed by atoms with Gasteiger partial charge in [0.2, 0.25) is 0 Å². The lowest BCUT2D eigenvalue weighted by molar-refractivity contribution is 0.624. The predicted molar refractivity (Wildman–Crippen MR) is 76.8 cm³/mol. The molecule has 2 aromatic rings. The zero-order valence-electron chi connectivity index (χ0n) is 9.29. The van der Waals surface area contributed by atoms with Gasteiger partial charge in [0.1, 0.15) is 5.82 Å². The molecule has 0 spiro atoms. The number of benzene rings is 2. The number of hydrogen-bond donors (Lipinski definition) is 1. The van der Waals surface area contributed by atoms with Gasteiger partial charge in [-0.05, 0) is 42.0 Å². The van der Waals surface area contributed by atoms with Crippen molar-refractivity contribution in [3.05, 3.63) is 57.8 Å². The summed E-state index contributed by atoms with van der Waals surface area (Å²) in [5.74, 6) is 0.288. The molecule has 0 bridgehead atoms. The van der Waals surface area contributed by atoms with Crippen LogP contribution >= 0.6 is 35.0 Å². The topological polar surface area (TPSA) is 26.0 Å². The Morgan fingerprint density at radius 3 is 2.67 bits per heavy atom. The Labute approximate surface area is 119 Å². The molecule has 0 unspecified atom stereocenters. The van der Waals surface area contributed by atoms with E-state index in [0.717, 1.165) is 5.56 Å². The molecule has 5 heteroatoms. The third kappa shape index (κ3) is 3.31. The van der Waals surface area contributed by atoms with E-state index in [-0.39, 0.29) is 5.82 Å². The van der Waals surface area contributed by atoms with E-state index in [0.29, 0.717) is 26.4 Å². The highest BCUT2D eigenvalue weighted by Gasteiger charge is 2.06. The number of hydrogen-bond acceptors (Lipinski definition) is 2. The summed E-state index contributed by atoms with van der Waals surface area (Å²) in [5.41, 5.74) is 7.23. The minimum absolute atomic E-state index is 0.302. The first-order valence-electron chi connectivity index (χ1n) is 5.18. The maximum atomic E-state index is 13.1. The van der Waals surface area contributed by atoms with Gasteiger partial charge in [-0.1, -0.05) is 23.2 Å². The Hall–Kier alpha value is -0.900. The second-order valence-corrected chi connectivity index (χ2v) is 5.57. The molecule has 0 aromatic heterocycles. The predicted octanol–water partition coefficient (Wildman–Crippen LogP) is 5.01. The second kappa shape index (κ2) is 5.83. The molecule has 0 fully saturated rings. The van der Waals surface area contributed by atoms with E-state index in [9.17, 15) is 4.39 Å². The fraction of sp³-hybridized carbons (Fsp3) is 0.0769. The third-order valence-corrected chi connectivity index (χ3v) is 4.09. The Morgan fingerprint density at radius 2 is 1.89 bits per heavy atom. The number of anilines is 1. The van der Waals surface area contributed by atoms with Crippen LogP contribution in [0.2, 0.25) is 10.0 Å². The smallest absolute Gasteiger partial charge is 0.124 e. The number of nitrogens with two attached hydrogens (primary N) is 1. The molecular weight excluding hydrogens is 292 g/mol. The van der Waals surface area contributed by atoms with Gasteiger partial charge >= 0.3 is 0 Å². The van der Waals surface area contributed by atoms with Crippen molar-refractivity contribution in [2.45, 2.75) is 10.6 Å². The first-order chi connectivity index (χ1) is 8.56. The van der Waals surface area contributed by atoms with Gasteiger partial charge in [0.15, 0.2) is 0 Å². The lowest BCUT2D eigenvalue weighted by Gasteiger charge is -2.07. The zero-order chi connectivity index (χ0) is 13.1. The van der Waals surface area contributed by atoms with Crippen LogP contribution in [0.4, 0.5) is 10.1 Å². The summed E-state index contributed by atoms with van der Waals surface area (Å²) in [7, 11) is 0. The van der Waals surface area contributed by atoms with Crippen molar-refractivity contribution in [3.63, 3.8) is 0 Å². The minimum atomic E-state index is -0.302. The second-order valence-electron chi connectivity index (χ2n) is 3.71. The highest BCUT2D eigenvalue weighted by Crippen LogP contribution is 2.32. The molecule has 0 aliphatic carbocycles. The van der Waals surface area contributed by atoms with Crippen LogP contribution in [0.1, 0.15) is 5.56 Å². The van der Waals surface area contributed by atoms with Gasteiger partial charge in [0, 0.05) is 26.4 Å². The highest BCUT2D eigenvalue weighted by molar-refractivity contribution is 7.98. The van der Waals surface area contributed by atoms with E-state index in [1.54, 1.807) is 24.3 Å². The Balaban J connectivity index is 2.16. The fourth-order valence-electron chi connectivity index (χ4n) is 1.44. The minimum Gasteiger partial charge on any atom is -0.398 e. The van der Waals surface area contributed by atoms with E-state index in [1.807, 2.05) is 0 Å². The molecule has 0 heterocycles. The van der Waals surface area contributed by atoms with Crippen LogP contribution in [0.15, 0.2) is 41.3 Å². The monoisotopic (exact) mass is 301 g/mol. The van der Waals surface area contributed by atoms with Crippen molar-refractivity contribution in [2.24, 2.45) is 0 Å². The molecule has 2 rings (SSSR count). The molecule has 18 heavy (non-hydrogen) atoms. The van der Waals surface area contributed by atoms with Crippen molar-refractivity contribution >= 4 is 40.7 Å². The Bertz CT molecular complexity index is 523. The maximum absolute atomic E-state index is 13.1. The van der Waals surface area contributed by atoms with Crippen molar-refractivity contribution in [2.75, 3.05) is 5.73 Å². The fourth-order valence-corrected chi connectivity index (χ4v) is 2.88. The number of thioether (sulfide) groups is 1. The number of rotatable bonds is 3. The average molecular weight is 302 g/mol. The summed E-state index contributed by atoms with van der Waals surface area (Å²) >= 11 is 13.4. The Morgan fingerprint density at radius 1 is 1.11 bits per heavy atom. The first kappa shape index (κ1) is 13.5. The van der Waals surface area contributed by atoms with Gasteiger partial charge in [-0.3, -0.25) is 0 Å². The van der Waals surface area contributed by atoms with Crippen LogP contribution < -0.4 is 5.73 Å². The van der Waals surface area contributed by atoms with Crippen LogP contribution in [-0.4, -0.2) is 0 Å². The largest absolute Gasteiger partial charge is 0.398 e. The van der Waals surface area contributed by atoms with Crippen molar-refractivity contribution in [1.82, 2.24) is 0 Å². The number of nitrogen functional groups attached to an aromatic ring is 1. The van der Waals surface area contributed by atoms with E-state index >= 15 is 0 Å². The lowest BCUT2D eigenvalue weighted by Crippen LogP contribution is -1.90. The quantitative estimate of drug-likeness (QED) is 0.637. The molecule has 0 saturated heterocycles. The normalized spacial score (nSPS) is 10.6. The summed E-state index contributed by atoms with van der Waals surface area (Å²) in [6.45, 7) is 0.